The van der Waals surface area contributed by atoms with Crippen molar-refractivity contribution in [2.75, 3.05) is 13.2 Å². The number of tetrazole rings is 1. The molecule has 0 saturated carbocycles. The molecule has 0 aliphatic carbocycles. The Balaban J connectivity index is 1.30. The van der Waals surface area contributed by atoms with E-state index in [0.717, 1.165) is 44.3 Å². The van der Waals surface area contributed by atoms with Crippen LogP contribution in [-0.4, -0.2) is 38.5 Å². The van der Waals surface area contributed by atoms with Crippen LogP contribution in [0.15, 0.2) is 77.6 Å². The first-order valence-corrected chi connectivity index (χ1v) is 11.9. The minimum Gasteiger partial charge on any atom is -0.489 e. The summed E-state index contributed by atoms with van der Waals surface area (Å²) in [7, 11) is 1.75. The second-order valence-electron chi connectivity index (χ2n) is 9.15. The predicted octanol–water partition coefficient (Wildman–Crippen LogP) is 4.87. The lowest BCUT2D eigenvalue weighted by molar-refractivity contribution is -0.0679. The van der Waals surface area contributed by atoms with E-state index in [2.05, 4.69) is 21.5 Å². The molecule has 0 bridgehead atoms. The number of nitrogens with zero attached hydrogens (tertiary/aromatic N) is 4. The minimum absolute atomic E-state index is 0.397. The maximum absolute atomic E-state index is 11.1. The van der Waals surface area contributed by atoms with Crippen molar-refractivity contribution in [3.05, 3.63) is 84.3 Å². The maximum atomic E-state index is 11.1. The van der Waals surface area contributed by atoms with Crippen LogP contribution in [0.25, 0.3) is 33.3 Å². The van der Waals surface area contributed by atoms with Gasteiger partial charge in [-0.15, -0.1) is 10.2 Å². The Labute approximate surface area is 208 Å². The topological polar surface area (TPSA) is 95.4 Å². The highest BCUT2D eigenvalue weighted by molar-refractivity contribution is 6.00. The molecule has 1 saturated heterocycles. The summed E-state index contributed by atoms with van der Waals surface area (Å²) >= 11 is 0. The molecule has 36 heavy (non-hydrogen) atoms. The molecule has 3 aromatic carbocycles. The van der Waals surface area contributed by atoms with Gasteiger partial charge in [-0.25, -0.2) is 0 Å². The number of hydrogen-bond donors (Lipinski definition) is 1. The molecule has 0 radical (unpaired) electrons. The molecule has 0 amide bonds. The summed E-state index contributed by atoms with van der Waals surface area (Å²) in [4.78, 5) is 1.45. The smallest absolute Gasteiger partial charge is 0.204 e. The molecule has 6 rings (SSSR count). The third-order valence-corrected chi connectivity index (χ3v) is 6.71. The van der Waals surface area contributed by atoms with Crippen LogP contribution in [0.5, 0.6) is 5.75 Å². The molecule has 0 spiro atoms. The van der Waals surface area contributed by atoms with E-state index in [1.54, 1.807) is 19.6 Å². The lowest BCUT2D eigenvalue weighted by Crippen LogP contribution is -2.33. The van der Waals surface area contributed by atoms with Crippen molar-refractivity contribution in [1.29, 1.82) is 0 Å². The number of benzene rings is 3. The van der Waals surface area contributed by atoms with Gasteiger partial charge in [0.25, 0.3) is 0 Å². The summed E-state index contributed by atoms with van der Waals surface area (Å²) in [6.07, 6.45) is 4.59. The van der Waals surface area contributed by atoms with Crippen molar-refractivity contribution in [2.24, 2.45) is 7.05 Å². The molecule has 5 aromatic rings. The van der Waals surface area contributed by atoms with Gasteiger partial charge in [0.15, 0.2) is 0 Å². The van der Waals surface area contributed by atoms with E-state index in [0.29, 0.717) is 38.5 Å². The average Bonchev–Trinajstić information content (AvgIpc) is 3.60. The van der Waals surface area contributed by atoms with Gasteiger partial charge in [-0.1, -0.05) is 24.3 Å². The highest BCUT2D eigenvalue weighted by atomic mass is 16.5. The molecule has 8 heteroatoms. The molecule has 0 unspecified atom stereocenters. The lowest BCUT2D eigenvalue weighted by Gasteiger charge is -2.32. The standard InChI is InChI=1S/C28H26N4O4/c1-32-30-27(29-31-32)22-14-20-5-6-24(16-26(20)25(15-22)21-7-10-35-18-21)36-17-19-3-2-4-23(13-19)28(33)8-11-34-12-9-28/h2-7,10,13-16,18,33H,8-9,11-12,17H2,1H3. The Hall–Kier alpha value is -4.01. The zero-order chi connectivity index (χ0) is 24.5. The van der Waals surface area contributed by atoms with Crippen LogP contribution in [-0.2, 0) is 24.0 Å². The van der Waals surface area contributed by atoms with Crippen LogP contribution in [0.2, 0.25) is 0 Å². The van der Waals surface area contributed by atoms with Crippen LogP contribution < -0.4 is 4.74 Å². The van der Waals surface area contributed by atoms with Crippen molar-refractivity contribution in [1.82, 2.24) is 20.2 Å². The van der Waals surface area contributed by atoms with E-state index >= 15 is 0 Å². The molecule has 2 aromatic heterocycles. The Morgan fingerprint density at radius 1 is 1.03 bits per heavy atom. The molecule has 1 fully saturated rings. The van der Waals surface area contributed by atoms with Gasteiger partial charge >= 0.3 is 0 Å². The normalized spacial score (nSPS) is 15.3. The average molecular weight is 483 g/mol. The van der Waals surface area contributed by atoms with Crippen molar-refractivity contribution >= 4 is 10.8 Å². The summed E-state index contributed by atoms with van der Waals surface area (Å²) in [5.74, 6) is 1.32. The highest BCUT2D eigenvalue weighted by Crippen LogP contribution is 2.36. The number of aliphatic hydroxyl groups is 1. The number of rotatable bonds is 6. The van der Waals surface area contributed by atoms with Crippen molar-refractivity contribution in [3.63, 3.8) is 0 Å². The van der Waals surface area contributed by atoms with Crippen molar-refractivity contribution in [2.45, 2.75) is 25.0 Å². The molecule has 0 atom stereocenters. The van der Waals surface area contributed by atoms with Crippen LogP contribution >= 0.6 is 0 Å². The first kappa shape index (κ1) is 22.5. The maximum Gasteiger partial charge on any atom is 0.204 e. The molecule has 1 aliphatic rings. The van der Waals surface area contributed by atoms with Gasteiger partial charge in [-0.3, -0.25) is 0 Å². The molecule has 182 valence electrons. The number of aryl methyl sites for hydroxylation is 1. The van der Waals surface area contributed by atoms with E-state index in [-0.39, 0.29) is 0 Å². The summed E-state index contributed by atoms with van der Waals surface area (Å²) in [5.41, 5.74) is 3.91. The molecule has 8 nitrogen and oxygen atoms in total. The van der Waals surface area contributed by atoms with Crippen LogP contribution in [0, 0.1) is 0 Å². The van der Waals surface area contributed by atoms with Crippen LogP contribution in [0.3, 0.4) is 0 Å². The largest absolute Gasteiger partial charge is 0.489 e. The van der Waals surface area contributed by atoms with E-state index in [9.17, 15) is 5.11 Å². The van der Waals surface area contributed by atoms with Gasteiger partial charge in [0.2, 0.25) is 5.82 Å². The lowest BCUT2D eigenvalue weighted by atomic mass is 9.86. The van der Waals surface area contributed by atoms with Gasteiger partial charge < -0.3 is 19.0 Å². The fourth-order valence-electron chi connectivity index (χ4n) is 4.73. The number of furan rings is 1. The Bertz CT molecular complexity index is 1500. The first-order chi connectivity index (χ1) is 17.6. The van der Waals surface area contributed by atoms with Gasteiger partial charge in [0.1, 0.15) is 12.4 Å². The monoisotopic (exact) mass is 482 g/mol. The number of hydrogen-bond acceptors (Lipinski definition) is 7. The van der Waals surface area contributed by atoms with Gasteiger partial charge in [-0.2, -0.15) is 4.80 Å². The fourth-order valence-corrected chi connectivity index (χ4v) is 4.73. The number of ether oxygens (including phenoxy) is 2. The molecular formula is C28H26N4O4. The molecule has 1 N–H and O–H groups in total. The van der Waals surface area contributed by atoms with Gasteiger partial charge in [-0.05, 0) is 69.1 Å². The second-order valence-corrected chi connectivity index (χ2v) is 9.15. The van der Waals surface area contributed by atoms with Crippen LogP contribution in [0.1, 0.15) is 24.0 Å². The Morgan fingerprint density at radius 2 is 1.92 bits per heavy atom. The van der Waals surface area contributed by atoms with Gasteiger partial charge in [0, 0.05) is 37.2 Å². The van der Waals surface area contributed by atoms with Crippen molar-refractivity contribution < 1.29 is 19.0 Å². The first-order valence-electron chi connectivity index (χ1n) is 11.9. The van der Waals surface area contributed by atoms with E-state index in [1.807, 2.05) is 54.6 Å². The van der Waals surface area contributed by atoms with Crippen molar-refractivity contribution in [3.8, 4) is 28.3 Å². The van der Waals surface area contributed by atoms with Crippen LogP contribution in [0.4, 0.5) is 0 Å². The molecule has 3 heterocycles. The summed E-state index contributed by atoms with van der Waals surface area (Å²) in [6, 6.07) is 20.1. The van der Waals surface area contributed by atoms with E-state index in [4.69, 9.17) is 13.9 Å². The molecular weight excluding hydrogens is 456 g/mol. The van der Waals surface area contributed by atoms with E-state index in [1.165, 1.54) is 4.80 Å². The molecule has 1 aliphatic heterocycles. The second kappa shape index (κ2) is 9.22. The predicted molar refractivity (Wildman–Crippen MR) is 134 cm³/mol. The Kier molecular flexibility index (Phi) is 5.75. The SMILES string of the molecule is Cn1nnc(-c2cc(-c3ccoc3)c3cc(OCc4cccc(C5(O)CCOCC5)c4)ccc3c2)n1. The quantitative estimate of drug-likeness (QED) is 0.369. The fraction of sp³-hybridized carbons (Fsp3) is 0.250. The Morgan fingerprint density at radius 3 is 2.69 bits per heavy atom. The zero-order valence-corrected chi connectivity index (χ0v) is 19.9. The third kappa shape index (κ3) is 4.36. The summed E-state index contributed by atoms with van der Waals surface area (Å²) in [6.45, 7) is 1.54. The zero-order valence-electron chi connectivity index (χ0n) is 19.9. The highest BCUT2D eigenvalue weighted by Gasteiger charge is 2.31. The number of fused-ring (bicyclic) bond motifs is 1. The van der Waals surface area contributed by atoms with E-state index < -0.39 is 5.60 Å². The minimum atomic E-state index is -0.841. The summed E-state index contributed by atoms with van der Waals surface area (Å²) in [5, 5.41) is 25.6. The van der Waals surface area contributed by atoms with Gasteiger partial charge in [0.05, 0.1) is 25.2 Å². The number of aromatic nitrogens is 4. The third-order valence-electron chi connectivity index (χ3n) is 6.71. The summed E-state index contributed by atoms with van der Waals surface area (Å²) < 4.78 is 17.0.